The van der Waals surface area contributed by atoms with Gasteiger partial charge in [-0.25, -0.2) is 0 Å². The Labute approximate surface area is 109 Å². The molecule has 1 aromatic carbocycles. The largest absolute Gasteiger partial charge is 0.369 e. The van der Waals surface area contributed by atoms with Crippen LogP contribution in [0.3, 0.4) is 0 Å². The second-order valence-corrected chi connectivity index (χ2v) is 6.87. The molecule has 0 amide bonds. The van der Waals surface area contributed by atoms with E-state index in [4.69, 9.17) is 5.73 Å². The number of thioether (sulfide) groups is 1. The summed E-state index contributed by atoms with van der Waals surface area (Å²) >= 11 is 2.09. The third-order valence-corrected chi connectivity index (χ3v) is 4.48. The normalized spacial score (nSPS) is 25.1. The molecule has 1 saturated heterocycles. The van der Waals surface area contributed by atoms with Gasteiger partial charge in [0.15, 0.2) is 0 Å². The maximum absolute atomic E-state index is 5.67. The lowest BCUT2D eigenvalue weighted by Crippen LogP contribution is -2.40. The van der Waals surface area contributed by atoms with Crippen LogP contribution in [0.4, 0.5) is 5.69 Å². The smallest absolute Gasteiger partial charge is 0.0396 e. The molecular formula is C14H22N2S. The summed E-state index contributed by atoms with van der Waals surface area (Å²) in [5.41, 5.74) is 9.62. The van der Waals surface area contributed by atoms with Gasteiger partial charge in [0.25, 0.3) is 0 Å². The van der Waals surface area contributed by atoms with Gasteiger partial charge < -0.3 is 10.6 Å². The number of hydrogen-bond acceptors (Lipinski definition) is 3. The fraction of sp³-hybridized carbons (Fsp3) is 0.571. The van der Waals surface area contributed by atoms with Crippen molar-refractivity contribution < 1.29 is 0 Å². The van der Waals surface area contributed by atoms with E-state index in [1.54, 1.807) is 0 Å². The first-order valence-corrected chi connectivity index (χ1v) is 7.24. The Morgan fingerprint density at radius 3 is 2.47 bits per heavy atom. The van der Waals surface area contributed by atoms with Crippen molar-refractivity contribution in [3.05, 3.63) is 29.3 Å². The van der Waals surface area contributed by atoms with Crippen molar-refractivity contribution in [3.8, 4) is 0 Å². The molecule has 17 heavy (non-hydrogen) atoms. The maximum atomic E-state index is 5.67. The minimum absolute atomic E-state index is 0.629. The zero-order valence-corrected chi connectivity index (χ0v) is 11.8. The van der Waals surface area contributed by atoms with Gasteiger partial charge in [0, 0.05) is 35.8 Å². The van der Waals surface area contributed by atoms with Gasteiger partial charge in [-0.1, -0.05) is 26.0 Å². The molecule has 0 aromatic heterocycles. The van der Waals surface area contributed by atoms with E-state index in [1.165, 1.54) is 16.8 Å². The topological polar surface area (TPSA) is 29.3 Å². The van der Waals surface area contributed by atoms with Crippen LogP contribution in [0.2, 0.25) is 0 Å². The van der Waals surface area contributed by atoms with Crippen LogP contribution in [-0.2, 0) is 6.54 Å². The SMILES string of the molecule is Cc1cc(CN)ccc1N1CC(C)SC(C)C1. The van der Waals surface area contributed by atoms with Crippen LogP contribution in [0.15, 0.2) is 18.2 Å². The first-order valence-electron chi connectivity index (χ1n) is 6.30. The monoisotopic (exact) mass is 250 g/mol. The van der Waals surface area contributed by atoms with Crippen molar-refractivity contribution in [2.75, 3.05) is 18.0 Å². The van der Waals surface area contributed by atoms with E-state index in [9.17, 15) is 0 Å². The molecule has 2 rings (SSSR count). The van der Waals surface area contributed by atoms with E-state index < -0.39 is 0 Å². The van der Waals surface area contributed by atoms with Gasteiger partial charge in [-0.3, -0.25) is 0 Å². The number of aryl methyl sites for hydroxylation is 1. The molecule has 94 valence electrons. The number of nitrogens with zero attached hydrogens (tertiary/aromatic N) is 1. The Morgan fingerprint density at radius 1 is 1.29 bits per heavy atom. The van der Waals surface area contributed by atoms with Crippen LogP contribution >= 0.6 is 11.8 Å². The van der Waals surface area contributed by atoms with Crippen LogP contribution in [-0.4, -0.2) is 23.6 Å². The van der Waals surface area contributed by atoms with E-state index in [1.807, 2.05) is 0 Å². The first kappa shape index (κ1) is 12.8. The zero-order valence-electron chi connectivity index (χ0n) is 10.9. The van der Waals surface area contributed by atoms with Gasteiger partial charge in [0.1, 0.15) is 0 Å². The molecule has 0 bridgehead atoms. The lowest BCUT2D eigenvalue weighted by Gasteiger charge is -2.37. The summed E-state index contributed by atoms with van der Waals surface area (Å²) in [6.45, 7) is 9.75. The average molecular weight is 250 g/mol. The molecular weight excluding hydrogens is 228 g/mol. The molecule has 1 aromatic rings. The van der Waals surface area contributed by atoms with E-state index >= 15 is 0 Å². The quantitative estimate of drug-likeness (QED) is 0.875. The number of anilines is 1. The summed E-state index contributed by atoms with van der Waals surface area (Å²) in [4.78, 5) is 2.52. The van der Waals surface area contributed by atoms with Crippen molar-refractivity contribution in [2.24, 2.45) is 5.73 Å². The lowest BCUT2D eigenvalue weighted by molar-refractivity contribution is 0.726. The Hall–Kier alpha value is -0.670. The summed E-state index contributed by atoms with van der Waals surface area (Å²) in [7, 11) is 0. The summed E-state index contributed by atoms with van der Waals surface area (Å²) < 4.78 is 0. The highest BCUT2D eigenvalue weighted by atomic mass is 32.2. The third kappa shape index (κ3) is 2.96. The fourth-order valence-electron chi connectivity index (χ4n) is 2.57. The average Bonchev–Trinajstić information content (AvgIpc) is 2.27. The number of nitrogens with two attached hydrogens (primary N) is 1. The van der Waals surface area contributed by atoms with Gasteiger partial charge in [-0.2, -0.15) is 11.8 Å². The highest BCUT2D eigenvalue weighted by molar-refractivity contribution is 8.00. The van der Waals surface area contributed by atoms with Crippen molar-refractivity contribution in [2.45, 2.75) is 37.8 Å². The Bertz CT molecular complexity index is 382. The molecule has 2 atom stereocenters. The molecule has 1 fully saturated rings. The predicted octanol–water partition coefficient (Wildman–Crippen LogP) is 2.78. The Kier molecular flexibility index (Phi) is 4.00. The third-order valence-electron chi connectivity index (χ3n) is 3.26. The number of hydrogen-bond donors (Lipinski definition) is 1. The van der Waals surface area contributed by atoms with Gasteiger partial charge in [-0.05, 0) is 24.1 Å². The Morgan fingerprint density at radius 2 is 1.94 bits per heavy atom. The summed E-state index contributed by atoms with van der Waals surface area (Å²) in [5, 5.41) is 1.43. The number of rotatable bonds is 2. The molecule has 1 heterocycles. The number of benzene rings is 1. The standard InChI is InChI=1S/C14H22N2S/c1-10-6-13(7-15)4-5-14(10)16-8-11(2)17-12(3)9-16/h4-6,11-12H,7-9,15H2,1-3H3. The zero-order chi connectivity index (χ0) is 12.4. The van der Waals surface area contributed by atoms with E-state index in [-0.39, 0.29) is 0 Å². The second kappa shape index (κ2) is 5.32. The second-order valence-electron chi connectivity index (χ2n) is 4.99. The first-order chi connectivity index (χ1) is 8.10. The van der Waals surface area contributed by atoms with Crippen LogP contribution in [0.25, 0.3) is 0 Å². The van der Waals surface area contributed by atoms with Crippen molar-refractivity contribution in [1.29, 1.82) is 0 Å². The Balaban J connectivity index is 2.21. The van der Waals surface area contributed by atoms with Gasteiger partial charge >= 0.3 is 0 Å². The molecule has 3 heteroatoms. The summed E-state index contributed by atoms with van der Waals surface area (Å²) in [6, 6.07) is 6.60. The minimum Gasteiger partial charge on any atom is -0.369 e. The van der Waals surface area contributed by atoms with E-state index in [0.29, 0.717) is 17.0 Å². The van der Waals surface area contributed by atoms with Gasteiger partial charge in [0.2, 0.25) is 0 Å². The molecule has 0 aliphatic carbocycles. The molecule has 2 unspecified atom stereocenters. The maximum Gasteiger partial charge on any atom is 0.0396 e. The van der Waals surface area contributed by atoms with Crippen LogP contribution in [0.5, 0.6) is 0 Å². The van der Waals surface area contributed by atoms with Crippen LogP contribution in [0, 0.1) is 6.92 Å². The summed E-state index contributed by atoms with van der Waals surface area (Å²) in [5.74, 6) is 0. The van der Waals surface area contributed by atoms with Crippen LogP contribution < -0.4 is 10.6 Å². The van der Waals surface area contributed by atoms with Gasteiger partial charge in [0.05, 0.1) is 0 Å². The highest BCUT2D eigenvalue weighted by Gasteiger charge is 2.23. The minimum atomic E-state index is 0.629. The molecule has 0 saturated carbocycles. The predicted molar refractivity (Wildman–Crippen MR) is 77.8 cm³/mol. The highest BCUT2D eigenvalue weighted by Crippen LogP contribution is 2.30. The molecule has 2 nitrogen and oxygen atoms in total. The lowest BCUT2D eigenvalue weighted by atomic mass is 10.1. The van der Waals surface area contributed by atoms with Crippen molar-refractivity contribution >= 4 is 17.4 Å². The van der Waals surface area contributed by atoms with Crippen molar-refractivity contribution in [1.82, 2.24) is 0 Å². The van der Waals surface area contributed by atoms with E-state index in [2.05, 4.69) is 55.6 Å². The summed E-state index contributed by atoms with van der Waals surface area (Å²) in [6.07, 6.45) is 0. The van der Waals surface area contributed by atoms with Gasteiger partial charge in [-0.15, -0.1) is 0 Å². The van der Waals surface area contributed by atoms with Crippen LogP contribution in [0.1, 0.15) is 25.0 Å². The molecule has 0 spiro atoms. The van der Waals surface area contributed by atoms with E-state index in [0.717, 1.165) is 13.1 Å². The molecule has 0 radical (unpaired) electrons. The van der Waals surface area contributed by atoms with Crippen molar-refractivity contribution in [3.63, 3.8) is 0 Å². The molecule has 1 aliphatic heterocycles. The fourth-order valence-corrected chi connectivity index (χ4v) is 3.90. The molecule has 2 N–H and O–H groups in total. The molecule has 1 aliphatic rings.